The number of fused-ring (bicyclic) bond motifs is 6. The Morgan fingerprint density at radius 3 is 1.63 bits per heavy atom. The number of ether oxygens (including phenoxy) is 5. The maximum absolute atomic E-state index is 12.9. The summed E-state index contributed by atoms with van der Waals surface area (Å²) < 4.78 is 28.4. The molecule has 19 nitrogen and oxygen atoms in total. The van der Waals surface area contributed by atoms with E-state index in [-0.39, 0.29) is 30.5 Å². The van der Waals surface area contributed by atoms with Gasteiger partial charge >= 0.3 is 5.97 Å². The lowest BCUT2D eigenvalue weighted by atomic mass is 10.1. The Morgan fingerprint density at radius 2 is 1.18 bits per heavy atom. The minimum Gasteiger partial charge on any atom is -0.491 e. The molecule has 3 N–H and O–H groups in total. The van der Waals surface area contributed by atoms with Crippen LogP contribution < -0.4 is 29.6 Å². The quantitative estimate of drug-likeness (QED) is 0.0776. The number of nitrogens with zero attached hydrogens (tertiary/aromatic N) is 7. The van der Waals surface area contributed by atoms with Gasteiger partial charge in [-0.25, -0.2) is 0 Å². The average Bonchev–Trinajstić information content (AvgIpc) is 4.07. The number of aliphatic imine (C=N–C) groups is 2. The van der Waals surface area contributed by atoms with Gasteiger partial charge in [0.25, 0.3) is 0 Å². The lowest BCUT2D eigenvalue weighted by Gasteiger charge is -2.32. The van der Waals surface area contributed by atoms with Crippen LogP contribution in [0, 0.1) is 0 Å². The van der Waals surface area contributed by atoms with Gasteiger partial charge in [0.1, 0.15) is 23.3 Å². The van der Waals surface area contributed by atoms with Gasteiger partial charge in [-0.2, -0.15) is 0 Å². The third kappa shape index (κ3) is 10.5. The molecule has 2 aromatic carbocycles. The van der Waals surface area contributed by atoms with Crippen molar-refractivity contribution in [3.63, 3.8) is 0 Å². The van der Waals surface area contributed by atoms with Gasteiger partial charge in [0.2, 0.25) is 5.91 Å². The van der Waals surface area contributed by atoms with Crippen LogP contribution in [0.3, 0.4) is 0 Å². The number of benzene rings is 2. The standard InChI is InChI=1S/C26H29N5O5.C22H22N4O5/c1-34-25-21(36-13-3-5-23(33)30-11-14-35-15-12-30)7-6-19-24(25)29-22(31-10-9-28-26(19)31)16-20(32)18-4-2-8-27-17-18;1-30-21-17(31-11-3-5-19(28)29)7-6-15-20(21)25-18(26-10-9-24-22(15)26)12-16(27)14-4-2-8-23-13-14/h2,4,6-8,16-17,29H,3,5,9-15H2,1H3;2,4,6-8,12-13,25H,3,5,9-11H2,1H3,(H,28,29). The zero-order valence-corrected chi connectivity index (χ0v) is 37.2. The molecule has 5 aliphatic heterocycles. The Hall–Kier alpha value is -7.80. The first-order valence-electron chi connectivity index (χ1n) is 22.0. The topological polar surface area (TPSA) is 219 Å². The lowest BCUT2D eigenvalue weighted by Crippen LogP contribution is -2.40. The number of morpholine rings is 1. The van der Waals surface area contributed by atoms with Crippen molar-refractivity contribution in [2.75, 3.05) is 90.5 Å². The molecule has 67 heavy (non-hydrogen) atoms. The van der Waals surface area contributed by atoms with Gasteiger partial charge in [0.15, 0.2) is 34.6 Å². The average molecular weight is 914 g/mol. The maximum Gasteiger partial charge on any atom is 0.303 e. The van der Waals surface area contributed by atoms with Crippen molar-refractivity contribution in [2.24, 2.45) is 9.98 Å². The number of carboxylic acids is 1. The second-order valence-corrected chi connectivity index (χ2v) is 15.6. The number of hydrogen-bond donors (Lipinski definition) is 3. The van der Waals surface area contributed by atoms with Gasteiger partial charge < -0.3 is 54.1 Å². The van der Waals surface area contributed by atoms with Gasteiger partial charge in [-0.1, -0.05) is 0 Å². The van der Waals surface area contributed by atoms with E-state index in [1.165, 1.54) is 19.4 Å². The van der Waals surface area contributed by atoms with Crippen molar-refractivity contribution in [3.05, 3.63) is 119 Å². The molecule has 2 aromatic heterocycles. The number of nitrogens with one attached hydrogen (secondary N) is 2. The van der Waals surface area contributed by atoms with E-state index in [0.717, 1.165) is 22.8 Å². The summed E-state index contributed by atoms with van der Waals surface area (Å²) >= 11 is 0. The van der Waals surface area contributed by atoms with Gasteiger partial charge in [0, 0.05) is 98.2 Å². The highest BCUT2D eigenvalue weighted by Gasteiger charge is 2.35. The molecular weight excluding hydrogens is 863 g/mol. The molecule has 4 aromatic rings. The van der Waals surface area contributed by atoms with Gasteiger partial charge in [-0.15, -0.1) is 0 Å². The van der Waals surface area contributed by atoms with Gasteiger partial charge in [-0.3, -0.25) is 39.1 Å². The van der Waals surface area contributed by atoms with Crippen LogP contribution in [0.25, 0.3) is 0 Å². The van der Waals surface area contributed by atoms with E-state index >= 15 is 0 Å². The molecule has 0 aliphatic carbocycles. The fourth-order valence-corrected chi connectivity index (χ4v) is 8.04. The van der Waals surface area contributed by atoms with Crippen molar-refractivity contribution in [1.82, 2.24) is 24.7 Å². The zero-order chi connectivity index (χ0) is 46.7. The van der Waals surface area contributed by atoms with E-state index in [1.807, 2.05) is 32.9 Å². The second-order valence-electron chi connectivity index (χ2n) is 15.6. The molecule has 0 unspecified atom stereocenters. The Bertz CT molecular complexity index is 2610. The highest BCUT2D eigenvalue weighted by atomic mass is 16.5. The van der Waals surface area contributed by atoms with E-state index in [9.17, 15) is 19.2 Å². The third-order valence-electron chi connectivity index (χ3n) is 11.3. The van der Waals surface area contributed by atoms with Crippen molar-refractivity contribution in [1.29, 1.82) is 0 Å². The van der Waals surface area contributed by atoms with Crippen LogP contribution in [-0.2, 0) is 14.3 Å². The van der Waals surface area contributed by atoms with Crippen molar-refractivity contribution in [2.45, 2.75) is 25.7 Å². The Labute approximate surface area is 386 Å². The third-order valence-corrected chi connectivity index (χ3v) is 11.3. The minimum absolute atomic E-state index is 0.0284. The molecule has 0 radical (unpaired) electrons. The molecule has 5 aliphatic rings. The predicted octanol–water partition coefficient (Wildman–Crippen LogP) is 4.87. The van der Waals surface area contributed by atoms with E-state index in [1.54, 1.807) is 62.1 Å². The van der Waals surface area contributed by atoms with Gasteiger partial charge in [0.05, 0.1) is 65.1 Å². The highest BCUT2D eigenvalue weighted by molar-refractivity contribution is 6.12. The van der Waals surface area contributed by atoms with E-state index < -0.39 is 5.97 Å². The fraction of sp³-hybridized carbons (Fsp3) is 0.333. The van der Waals surface area contributed by atoms with Crippen molar-refractivity contribution < 1.29 is 48.0 Å². The number of hydrogen-bond acceptors (Lipinski definition) is 17. The monoisotopic (exact) mass is 913 g/mol. The fourth-order valence-electron chi connectivity index (χ4n) is 8.04. The van der Waals surface area contributed by atoms with E-state index in [2.05, 4.69) is 30.6 Å². The normalized spacial score (nSPS) is 16.7. The summed E-state index contributed by atoms with van der Waals surface area (Å²) in [6.45, 7) is 5.67. The first-order valence-corrected chi connectivity index (χ1v) is 22.0. The number of aliphatic carboxylic acids is 1. The molecule has 0 saturated carbocycles. The number of carbonyl (C=O) groups is 4. The van der Waals surface area contributed by atoms with Crippen LogP contribution in [0.2, 0.25) is 0 Å². The summed E-state index contributed by atoms with van der Waals surface area (Å²) in [6, 6.07) is 14.4. The summed E-state index contributed by atoms with van der Waals surface area (Å²) in [5, 5.41) is 15.5. The molecule has 0 bridgehead atoms. The van der Waals surface area contributed by atoms with Crippen LogP contribution in [0.4, 0.5) is 11.4 Å². The summed E-state index contributed by atoms with van der Waals surface area (Å²) in [6.07, 6.45) is 10.8. The first-order chi connectivity index (χ1) is 32.7. The summed E-state index contributed by atoms with van der Waals surface area (Å²) in [5.74, 6) is 3.74. The van der Waals surface area contributed by atoms with Crippen LogP contribution in [0.15, 0.2) is 107 Å². The summed E-state index contributed by atoms with van der Waals surface area (Å²) in [5.41, 5.74) is 4.07. The molecule has 1 saturated heterocycles. The molecule has 348 valence electrons. The maximum atomic E-state index is 12.9. The number of ketones is 2. The minimum atomic E-state index is -0.866. The highest BCUT2D eigenvalue weighted by Crippen LogP contribution is 2.44. The first kappa shape index (κ1) is 45.8. The number of carbonyl (C=O) groups excluding carboxylic acids is 3. The number of carboxylic acid groups (broad SMARTS) is 1. The van der Waals surface area contributed by atoms with Crippen LogP contribution in [0.1, 0.15) is 57.5 Å². The summed E-state index contributed by atoms with van der Waals surface area (Å²) in [4.78, 5) is 71.8. The second kappa shape index (κ2) is 21.5. The molecule has 7 heterocycles. The predicted molar refractivity (Wildman–Crippen MR) is 247 cm³/mol. The molecular formula is C48H51N9O10. The zero-order valence-electron chi connectivity index (χ0n) is 37.2. The van der Waals surface area contributed by atoms with Crippen LogP contribution in [-0.4, -0.2) is 145 Å². The molecule has 1 amide bonds. The largest absolute Gasteiger partial charge is 0.491 e. The molecule has 1 fully saturated rings. The van der Waals surface area contributed by atoms with E-state index in [4.69, 9.17) is 28.8 Å². The van der Waals surface area contributed by atoms with Crippen molar-refractivity contribution in [3.8, 4) is 23.0 Å². The number of allylic oxidation sites excluding steroid dienone is 2. The Balaban J connectivity index is 0.000000184. The number of amidine groups is 2. The molecule has 0 spiro atoms. The van der Waals surface area contributed by atoms with Crippen LogP contribution in [0.5, 0.6) is 23.0 Å². The Morgan fingerprint density at radius 1 is 0.687 bits per heavy atom. The number of pyridine rings is 2. The SMILES string of the molecule is COc1c(OCCCC(=O)N2CCOCC2)ccc2c1NC(=CC(=O)c1cccnc1)N1CCN=C21.COc1c(OCCCC(=O)O)ccc2c1NC(=CC(=O)c1cccnc1)N1CCN=C21. The number of methoxy groups -OCH3 is 2. The van der Waals surface area contributed by atoms with E-state index in [0.29, 0.717) is 135 Å². The number of rotatable bonds is 16. The van der Waals surface area contributed by atoms with Crippen molar-refractivity contribution >= 4 is 46.5 Å². The smallest absolute Gasteiger partial charge is 0.303 e. The Kier molecular flexibility index (Phi) is 14.7. The lowest BCUT2D eigenvalue weighted by molar-refractivity contribution is -0.137. The number of amides is 1. The number of anilines is 2. The molecule has 9 rings (SSSR count). The number of aromatic nitrogens is 2. The van der Waals surface area contributed by atoms with Crippen LogP contribution >= 0.6 is 0 Å². The molecule has 0 atom stereocenters. The molecule has 19 heteroatoms. The van der Waals surface area contributed by atoms with Gasteiger partial charge in [-0.05, 0) is 61.4 Å². The summed E-state index contributed by atoms with van der Waals surface area (Å²) in [7, 11) is 3.12.